The molecule has 2 amide bonds. The van der Waals surface area contributed by atoms with E-state index in [1.807, 2.05) is 49.4 Å². The summed E-state index contributed by atoms with van der Waals surface area (Å²) in [4.78, 5) is 41.3. The molecule has 0 bridgehead atoms. The van der Waals surface area contributed by atoms with Gasteiger partial charge < -0.3 is 19.9 Å². The number of amides is 2. The van der Waals surface area contributed by atoms with Crippen LogP contribution < -0.4 is 10.9 Å². The lowest BCUT2D eigenvalue weighted by atomic mass is 9.88. The van der Waals surface area contributed by atoms with E-state index in [0.29, 0.717) is 18.7 Å². The van der Waals surface area contributed by atoms with Crippen molar-refractivity contribution in [3.8, 4) is 11.1 Å². The Labute approximate surface area is 180 Å². The van der Waals surface area contributed by atoms with Gasteiger partial charge in [-0.1, -0.05) is 30.3 Å². The van der Waals surface area contributed by atoms with E-state index < -0.39 is 12.0 Å². The first-order valence-corrected chi connectivity index (χ1v) is 11.1. The fourth-order valence-electron chi connectivity index (χ4n) is 5.39. The first-order chi connectivity index (χ1) is 15.1. The molecular formula is C24H27N3O4. The average molecular weight is 421 g/mol. The third-order valence-corrected chi connectivity index (χ3v) is 6.96. The molecule has 1 aromatic heterocycles. The Hall–Kier alpha value is -2.93. The summed E-state index contributed by atoms with van der Waals surface area (Å²) in [5, 5.41) is 13.1. The number of aliphatic hydroxyl groups is 1. The quantitative estimate of drug-likeness (QED) is 0.766. The number of rotatable bonds is 5. The number of hydrogen-bond donors (Lipinski definition) is 2. The topological polar surface area (TPSA) is 91.6 Å². The van der Waals surface area contributed by atoms with E-state index in [-0.39, 0.29) is 41.9 Å². The van der Waals surface area contributed by atoms with Gasteiger partial charge in [-0.3, -0.25) is 14.4 Å². The third kappa shape index (κ3) is 3.10. The molecule has 1 aromatic carbocycles. The van der Waals surface area contributed by atoms with Crippen molar-refractivity contribution in [1.29, 1.82) is 0 Å². The van der Waals surface area contributed by atoms with Crippen LogP contribution >= 0.6 is 0 Å². The highest BCUT2D eigenvalue weighted by molar-refractivity contribution is 5.91. The van der Waals surface area contributed by atoms with Crippen molar-refractivity contribution in [3.63, 3.8) is 0 Å². The molecule has 0 radical (unpaired) electrons. The number of likely N-dealkylation sites (N-methyl/N-ethyl adjacent to an activating group) is 1. The van der Waals surface area contributed by atoms with Crippen LogP contribution in [0.15, 0.2) is 47.3 Å². The number of carbonyl (C=O) groups excluding carboxylic acids is 2. The van der Waals surface area contributed by atoms with Crippen LogP contribution in [0.25, 0.3) is 11.1 Å². The Bertz CT molecular complexity index is 1080. The van der Waals surface area contributed by atoms with Crippen LogP contribution in [0.2, 0.25) is 0 Å². The maximum Gasteiger partial charge on any atom is 0.258 e. The first kappa shape index (κ1) is 20.0. The minimum atomic E-state index is -0.703. The van der Waals surface area contributed by atoms with Crippen LogP contribution in [-0.4, -0.2) is 45.6 Å². The van der Waals surface area contributed by atoms with Gasteiger partial charge in [0.25, 0.3) is 5.56 Å². The number of benzene rings is 1. The van der Waals surface area contributed by atoms with Crippen molar-refractivity contribution >= 4 is 11.8 Å². The van der Waals surface area contributed by atoms with Gasteiger partial charge in [0.1, 0.15) is 6.04 Å². The molecule has 2 N–H and O–H groups in total. The van der Waals surface area contributed by atoms with Crippen LogP contribution in [0.1, 0.15) is 31.5 Å². The number of carbonyl (C=O) groups is 2. The summed E-state index contributed by atoms with van der Waals surface area (Å²) in [5.74, 6) is -0.882. The zero-order chi connectivity index (χ0) is 21.7. The minimum Gasteiger partial charge on any atom is -0.396 e. The standard InChI is InChI=1S/C24H27N3O4/c1-2-25-22(29)21-18(13-28)17-12-26-19(20(17)27(21)23(30)15-8-9-15)11-10-16(24(26)31)14-6-4-3-5-7-14/h3-7,10-11,15,17-18,20-21,28H,2,8-9,12-13H2,1H3,(H,25,29)/t17-,18-,20+,21-/m1/s1. The Morgan fingerprint density at radius 3 is 2.52 bits per heavy atom. The van der Waals surface area contributed by atoms with Gasteiger partial charge in [-0.2, -0.15) is 0 Å². The van der Waals surface area contributed by atoms with Crippen LogP contribution in [-0.2, 0) is 16.1 Å². The number of aliphatic hydroxyl groups excluding tert-OH is 1. The van der Waals surface area contributed by atoms with Crippen molar-refractivity contribution in [3.05, 3.63) is 58.5 Å². The normalized spacial score (nSPS) is 26.5. The summed E-state index contributed by atoms with van der Waals surface area (Å²) < 4.78 is 1.74. The number of hydrogen-bond acceptors (Lipinski definition) is 4. The van der Waals surface area contributed by atoms with Gasteiger partial charge >= 0.3 is 0 Å². The molecule has 2 fully saturated rings. The highest BCUT2D eigenvalue weighted by Gasteiger charge is 2.58. The number of pyridine rings is 1. The van der Waals surface area contributed by atoms with E-state index >= 15 is 0 Å². The largest absolute Gasteiger partial charge is 0.396 e. The van der Waals surface area contributed by atoms with Crippen molar-refractivity contribution < 1.29 is 14.7 Å². The molecule has 1 saturated heterocycles. The molecule has 162 valence electrons. The highest BCUT2D eigenvalue weighted by atomic mass is 16.3. The second-order valence-electron chi connectivity index (χ2n) is 8.77. The second-order valence-corrected chi connectivity index (χ2v) is 8.77. The molecule has 2 aliphatic heterocycles. The lowest BCUT2D eigenvalue weighted by Gasteiger charge is -2.31. The Balaban J connectivity index is 1.60. The van der Waals surface area contributed by atoms with E-state index in [2.05, 4.69) is 5.32 Å². The molecule has 3 heterocycles. The van der Waals surface area contributed by atoms with Crippen LogP contribution in [0, 0.1) is 17.8 Å². The van der Waals surface area contributed by atoms with E-state index in [0.717, 1.165) is 24.1 Å². The Morgan fingerprint density at radius 1 is 1.13 bits per heavy atom. The van der Waals surface area contributed by atoms with Crippen LogP contribution in [0.3, 0.4) is 0 Å². The molecule has 31 heavy (non-hydrogen) atoms. The Morgan fingerprint density at radius 2 is 1.87 bits per heavy atom. The molecule has 2 aromatic rings. The fraction of sp³-hybridized carbons (Fsp3) is 0.458. The molecule has 0 unspecified atom stereocenters. The number of aromatic nitrogens is 1. The van der Waals surface area contributed by atoms with E-state index in [4.69, 9.17) is 0 Å². The first-order valence-electron chi connectivity index (χ1n) is 11.1. The molecular weight excluding hydrogens is 394 g/mol. The smallest absolute Gasteiger partial charge is 0.258 e. The van der Waals surface area contributed by atoms with Gasteiger partial charge in [0.05, 0.1) is 6.04 Å². The van der Waals surface area contributed by atoms with Gasteiger partial charge in [0.15, 0.2) is 0 Å². The second kappa shape index (κ2) is 7.64. The SMILES string of the molecule is CCNC(=O)[C@H]1[C@H](CO)[C@H]2Cn3c(ccc(-c4ccccc4)c3=O)[C@H]2N1C(=O)C1CC1. The third-order valence-electron chi connectivity index (χ3n) is 6.96. The zero-order valence-corrected chi connectivity index (χ0v) is 17.5. The van der Waals surface area contributed by atoms with Crippen LogP contribution in [0.5, 0.6) is 0 Å². The van der Waals surface area contributed by atoms with E-state index in [1.165, 1.54) is 0 Å². The summed E-state index contributed by atoms with van der Waals surface area (Å²) in [7, 11) is 0. The summed E-state index contributed by atoms with van der Waals surface area (Å²) >= 11 is 0. The van der Waals surface area contributed by atoms with Crippen molar-refractivity contribution in [1.82, 2.24) is 14.8 Å². The maximum atomic E-state index is 13.3. The molecule has 1 aliphatic carbocycles. The maximum absolute atomic E-state index is 13.3. The average Bonchev–Trinajstić information content (AvgIpc) is 3.48. The molecule has 0 spiro atoms. The predicted molar refractivity (Wildman–Crippen MR) is 115 cm³/mol. The van der Waals surface area contributed by atoms with Crippen molar-refractivity contribution in [2.45, 2.75) is 38.4 Å². The summed E-state index contributed by atoms with van der Waals surface area (Å²) in [6.45, 7) is 2.50. The highest BCUT2D eigenvalue weighted by Crippen LogP contribution is 2.51. The lowest BCUT2D eigenvalue weighted by molar-refractivity contribution is -0.142. The summed E-state index contributed by atoms with van der Waals surface area (Å²) in [5.41, 5.74) is 2.13. The van der Waals surface area contributed by atoms with Gasteiger partial charge in [-0.15, -0.1) is 0 Å². The van der Waals surface area contributed by atoms with E-state index in [9.17, 15) is 19.5 Å². The molecule has 7 nitrogen and oxygen atoms in total. The van der Waals surface area contributed by atoms with Gasteiger partial charge in [0.2, 0.25) is 11.8 Å². The molecule has 1 saturated carbocycles. The molecule has 7 heteroatoms. The van der Waals surface area contributed by atoms with Crippen LogP contribution in [0.4, 0.5) is 0 Å². The summed E-state index contributed by atoms with van der Waals surface area (Å²) in [6, 6.07) is 12.2. The predicted octanol–water partition coefficient (Wildman–Crippen LogP) is 1.55. The van der Waals surface area contributed by atoms with E-state index in [1.54, 1.807) is 9.47 Å². The Kier molecular flexibility index (Phi) is 4.93. The van der Waals surface area contributed by atoms with Crippen molar-refractivity contribution in [2.24, 2.45) is 17.8 Å². The number of fused-ring (bicyclic) bond motifs is 3. The lowest BCUT2D eigenvalue weighted by Crippen LogP contribution is -2.50. The zero-order valence-electron chi connectivity index (χ0n) is 17.5. The van der Waals surface area contributed by atoms with Crippen molar-refractivity contribution in [2.75, 3.05) is 13.2 Å². The minimum absolute atomic E-state index is 0.0322. The van der Waals surface area contributed by atoms with Gasteiger partial charge in [-0.25, -0.2) is 0 Å². The summed E-state index contributed by atoms with van der Waals surface area (Å²) in [6.07, 6.45) is 1.66. The molecule has 3 aliphatic rings. The molecule has 4 atom stereocenters. The number of nitrogens with one attached hydrogen (secondary N) is 1. The fourth-order valence-corrected chi connectivity index (χ4v) is 5.39. The number of nitrogens with zero attached hydrogens (tertiary/aromatic N) is 2. The monoisotopic (exact) mass is 421 g/mol. The number of likely N-dealkylation sites (tertiary alicyclic amines) is 1. The van der Waals surface area contributed by atoms with Gasteiger partial charge in [0, 0.05) is 48.7 Å². The molecule has 5 rings (SSSR count). The van der Waals surface area contributed by atoms with Gasteiger partial charge in [-0.05, 0) is 37.5 Å².